The predicted molar refractivity (Wildman–Crippen MR) is 58.2 cm³/mol. The normalized spacial score (nSPS) is 11.9. The summed E-state index contributed by atoms with van der Waals surface area (Å²) in [4.78, 5) is 0. The number of methoxy groups -OCH3 is 1. The Balaban J connectivity index is 2.99. The van der Waals surface area contributed by atoms with E-state index in [4.69, 9.17) is 11.2 Å². The van der Waals surface area contributed by atoms with Gasteiger partial charge in [0.25, 0.3) is 0 Å². The highest BCUT2D eigenvalue weighted by Crippen LogP contribution is 2.21. The lowest BCUT2D eigenvalue weighted by Gasteiger charge is -2.13. The van der Waals surface area contributed by atoms with Gasteiger partial charge in [0.05, 0.1) is 13.2 Å². The summed E-state index contributed by atoms with van der Waals surface area (Å²) in [6.45, 7) is 2.62. The molecule has 0 heterocycles. The Labute approximate surface area is 89.4 Å². The van der Waals surface area contributed by atoms with Crippen molar-refractivity contribution in [1.29, 1.82) is 0 Å². The average Bonchev–Trinajstić information content (AvgIpc) is 2.26. The SMILES string of the molecule is C#CC(NCC)c1ccc(OC)cc1F. The maximum Gasteiger partial charge on any atom is 0.132 e. The van der Waals surface area contributed by atoms with Gasteiger partial charge in [-0.2, -0.15) is 0 Å². The molecule has 0 aliphatic carbocycles. The van der Waals surface area contributed by atoms with Gasteiger partial charge in [-0.1, -0.05) is 12.8 Å². The van der Waals surface area contributed by atoms with Crippen LogP contribution in [0.3, 0.4) is 0 Å². The predicted octanol–water partition coefficient (Wildman–Crippen LogP) is 2.12. The highest BCUT2D eigenvalue weighted by molar-refractivity contribution is 5.33. The van der Waals surface area contributed by atoms with E-state index in [0.29, 0.717) is 17.9 Å². The Morgan fingerprint density at radius 1 is 1.60 bits per heavy atom. The van der Waals surface area contributed by atoms with Crippen molar-refractivity contribution in [3.63, 3.8) is 0 Å². The standard InChI is InChI=1S/C12H14FNO/c1-4-12(14-5-2)10-7-6-9(15-3)8-11(10)13/h1,6-8,12,14H,5H2,2-3H3. The Hall–Kier alpha value is -1.53. The van der Waals surface area contributed by atoms with Gasteiger partial charge < -0.3 is 10.1 Å². The molecule has 0 saturated heterocycles. The number of ether oxygens (including phenoxy) is 1. The molecule has 0 bridgehead atoms. The molecule has 3 heteroatoms. The zero-order chi connectivity index (χ0) is 11.3. The van der Waals surface area contributed by atoms with Crippen LogP contribution in [0.5, 0.6) is 5.75 Å². The third kappa shape index (κ3) is 2.71. The molecule has 0 radical (unpaired) electrons. The molecule has 2 nitrogen and oxygen atoms in total. The molecule has 80 valence electrons. The van der Waals surface area contributed by atoms with Crippen LogP contribution >= 0.6 is 0 Å². The molecule has 0 aliphatic rings. The molecule has 15 heavy (non-hydrogen) atoms. The average molecular weight is 207 g/mol. The minimum Gasteiger partial charge on any atom is -0.497 e. The summed E-state index contributed by atoms with van der Waals surface area (Å²) < 4.78 is 18.5. The lowest BCUT2D eigenvalue weighted by atomic mass is 10.1. The zero-order valence-electron chi connectivity index (χ0n) is 8.88. The summed E-state index contributed by atoms with van der Waals surface area (Å²) in [5.74, 6) is 2.65. The fourth-order valence-corrected chi connectivity index (χ4v) is 1.33. The van der Waals surface area contributed by atoms with Gasteiger partial charge in [0.1, 0.15) is 11.6 Å². The van der Waals surface area contributed by atoms with E-state index in [1.807, 2.05) is 6.92 Å². The number of rotatable bonds is 4. The molecule has 0 aliphatic heterocycles. The molecule has 0 spiro atoms. The number of nitrogens with one attached hydrogen (secondary N) is 1. The van der Waals surface area contributed by atoms with Crippen LogP contribution in [0.1, 0.15) is 18.5 Å². The van der Waals surface area contributed by atoms with Gasteiger partial charge in [0, 0.05) is 11.6 Å². The fourth-order valence-electron chi connectivity index (χ4n) is 1.33. The Bertz CT molecular complexity index is 370. The largest absolute Gasteiger partial charge is 0.497 e. The van der Waals surface area contributed by atoms with Gasteiger partial charge in [-0.25, -0.2) is 4.39 Å². The lowest BCUT2D eigenvalue weighted by Crippen LogP contribution is -2.20. The summed E-state index contributed by atoms with van der Waals surface area (Å²) in [6, 6.07) is 4.28. The smallest absolute Gasteiger partial charge is 0.132 e. The van der Waals surface area contributed by atoms with E-state index in [2.05, 4.69) is 11.2 Å². The van der Waals surface area contributed by atoms with Crippen molar-refractivity contribution < 1.29 is 9.13 Å². The summed E-state index contributed by atoms with van der Waals surface area (Å²) in [5.41, 5.74) is 0.472. The Morgan fingerprint density at radius 2 is 2.33 bits per heavy atom. The van der Waals surface area contributed by atoms with E-state index >= 15 is 0 Å². The van der Waals surface area contributed by atoms with E-state index in [-0.39, 0.29) is 11.9 Å². The molecule has 1 aromatic carbocycles. The quantitative estimate of drug-likeness (QED) is 0.763. The third-order valence-corrected chi connectivity index (χ3v) is 2.09. The molecule has 1 unspecified atom stereocenters. The zero-order valence-corrected chi connectivity index (χ0v) is 8.88. The van der Waals surface area contributed by atoms with Crippen LogP contribution in [0, 0.1) is 18.2 Å². The van der Waals surface area contributed by atoms with Crippen molar-refractivity contribution in [1.82, 2.24) is 5.32 Å². The minimum atomic E-state index is -0.388. The number of terminal acetylenes is 1. The van der Waals surface area contributed by atoms with Gasteiger partial charge in [0.2, 0.25) is 0 Å². The highest BCUT2D eigenvalue weighted by atomic mass is 19.1. The number of benzene rings is 1. The summed E-state index contributed by atoms with van der Waals surface area (Å²) in [5, 5.41) is 3.01. The van der Waals surface area contributed by atoms with Crippen LogP contribution in [0.4, 0.5) is 4.39 Å². The van der Waals surface area contributed by atoms with Crippen LogP contribution in [0.2, 0.25) is 0 Å². The van der Waals surface area contributed by atoms with Gasteiger partial charge >= 0.3 is 0 Å². The van der Waals surface area contributed by atoms with Gasteiger partial charge in [-0.05, 0) is 18.7 Å². The van der Waals surface area contributed by atoms with Crippen molar-refractivity contribution in [3.05, 3.63) is 29.6 Å². The van der Waals surface area contributed by atoms with E-state index in [1.54, 1.807) is 12.1 Å². The van der Waals surface area contributed by atoms with Crippen molar-refractivity contribution in [2.24, 2.45) is 0 Å². The summed E-state index contributed by atoms with van der Waals surface area (Å²) in [7, 11) is 1.50. The van der Waals surface area contributed by atoms with Crippen LogP contribution in [0.15, 0.2) is 18.2 Å². The molecule has 1 atom stereocenters. The number of halogens is 1. The summed E-state index contributed by atoms with van der Waals surface area (Å²) >= 11 is 0. The molecule has 0 saturated carbocycles. The topological polar surface area (TPSA) is 21.3 Å². The second-order valence-electron chi connectivity index (χ2n) is 3.04. The number of hydrogen-bond donors (Lipinski definition) is 1. The van der Waals surface area contributed by atoms with E-state index in [1.165, 1.54) is 13.2 Å². The first-order chi connectivity index (χ1) is 7.22. The molecule has 0 fully saturated rings. The maximum atomic E-state index is 13.6. The van der Waals surface area contributed by atoms with Crippen LogP contribution in [0.25, 0.3) is 0 Å². The second kappa shape index (κ2) is 5.38. The molecule has 1 N–H and O–H groups in total. The third-order valence-electron chi connectivity index (χ3n) is 2.09. The second-order valence-corrected chi connectivity index (χ2v) is 3.04. The molecule has 0 aromatic heterocycles. The lowest BCUT2D eigenvalue weighted by molar-refractivity contribution is 0.410. The molecule has 1 aromatic rings. The van der Waals surface area contributed by atoms with Gasteiger partial charge in [0.15, 0.2) is 0 Å². The van der Waals surface area contributed by atoms with E-state index in [9.17, 15) is 4.39 Å². The van der Waals surface area contributed by atoms with E-state index in [0.717, 1.165) is 0 Å². The van der Waals surface area contributed by atoms with Crippen molar-refractivity contribution in [2.45, 2.75) is 13.0 Å². The van der Waals surface area contributed by atoms with Crippen molar-refractivity contribution in [2.75, 3.05) is 13.7 Å². The molecule has 0 amide bonds. The van der Waals surface area contributed by atoms with Gasteiger partial charge in [-0.15, -0.1) is 6.42 Å². The van der Waals surface area contributed by atoms with Crippen molar-refractivity contribution >= 4 is 0 Å². The summed E-state index contributed by atoms with van der Waals surface area (Å²) in [6.07, 6.45) is 5.32. The first-order valence-electron chi connectivity index (χ1n) is 4.75. The Kier molecular flexibility index (Phi) is 4.14. The first kappa shape index (κ1) is 11.5. The minimum absolute atomic E-state index is 0.349. The van der Waals surface area contributed by atoms with Gasteiger partial charge in [-0.3, -0.25) is 0 Å². The van der Waals surface area contributed by atoms with Crippen LogP contribution in [-0.2, 0) is 0 Å². The molecular formula is C12H14FNO. The van der Waals surface area contributed by atoms with E-state index < -0.39 is 0 Å². The van der Waals surface area contributed by atoms with Crippen molar-refractivity contribution in [3.8, 4) is 18.1 Å². The number of hydrogen-bond acceptors (Lipinski definition) is 2. The monoisotopic (exact) mass is 207 g/mol. The Morgan fingerprint density at radius 3 is 2.80 bits per heavy atom. The first-order valence-corrected chi connectivity index (χ1v) is 4.75. The maximum absolute atomic E-state index is 13.6. The van der Waals surface area contributed by atoms with Crippen LogP contribution in [-0.4, -0.2) is 13.7 Å². The molecular weight excluding hydrogens is 193 g/mol. The molecule has 1 rings (SSSR count). The van der Waals surface area contributed by atoms with Crippen LogP contribution < -0.4 is 10.1 Å². The fraction of sp³-hybridized carbons (Fsp3) is 0.333. The highest BCUT2D eigenvalue weighted by Gasteiger charge is 2.12.